The van der Waals surface area contributed by atoms with Crippen LogP contribution in [0.2, 0.25) is 0 Å². The molecular weight excluding hydrogens is 350 g/mol. The van der Waals surface area contributed by atoms with Gasteiger partial charge in [-0.3, -0.25) is 4.79 Å². The molecule has 2 heterocycles. The van der Waals surface area contributed by atoms with Gasteiger partial charge in [-0.15, -0.1) is 0 Å². The van der Waals surface area contributed by atoms with E-state index in [1.54, 1.807) is 0 Å². The normalized spacial score (nSPS) is 17.1. The van der Waals surface area contributed by atoms with Gasteiger partial charge in [0.2, 0.25) is 5.91 Å². The Morgan fingerprint density at radius 2 is 2.00 bits per heavy atom. The number of hydrogen-bond donors (Lipinski definition) is 1. The highest BCUT2D eigenvalue weighted by molar-refractivity contribution is 5.94. The van der Waals surface area contributed by atoms with E-state index in [1.165, 1.54) is 6.33 Å². The SMILES string of the molecule is O=C(Nc1cc(F)ccc1F)C1CCCN(c2ncnc3ccccc23)C1. The van der Waals surface area contributed by atoms with Crippen LogP contribution >= 0.6 is 0 Å². The van der Waals surface area contributed by atoms with Crippen LogP contribution < -0.4 is 10.2 Å². The van der Waals surface area contributed by atoms with Crippen LogP contribution in [0.3, 0.4) is 0 Å². The highest BCUT2D eigenvalue weighted by atomic mass is 19.1. The van der Waals surface area contributed by atoms with Gasteiger partial charge >= 0.3 is 0 Å². The van der Waals surface area contributed by atoms with Crippen LogP contribution in [0.15, 0.2) is 48.8 Å². The molecule has 7 heteroatoms. The molecule has 1 N–H and O–H groups in total. The minimum atomic E-state index is -0.654. The second kappa shape index (κ2) is 7.26. The summed E-state index contributed by atoms with van der Waals surface area (Å²) in [7, 11) is 0. The van der Waals surface area contributed by atoms with Gasteiger partial charge in [0, 0.05) is 24.5 Å². The summed E-state index contributed by atoms with van der Waals surface area (Å²) in [4.78, 5) is 23.3. The van der Waals surface area contributed by atoms with Crippen LogP contribution in [0.4, 0.5) is 20.3 Å². The van der Waals surface area contributed by atoms with Crippen molar-refractivity contribution in [2.75, 3.05) is 23.3 Å². The molecule has 1 unspecified atom stereocenters. The quantitative estimate of drug-likeness (QED) is 0.765. The zero-order valence-electron chi connectivity index (χ0n) is 14.5. The van der Waals surface area contributed by atoms with E-state index in [0.29, 0.717) is 13.0 Å². The zero-order valence-corrected chi connectivity index (χ0v) is 14.5. The van der Waals surface area contributed by atoms with Crippen LogP contribution in [0.1, 0.15) is 12.8 Å². The van der Waals surface area contributed by atoms with E-state index in [1.807, 2.05) is 24.3 Å². The number of benzene rings is 2. The molecule has 1 aliphatic heterocycles. The van der Waals surface area contributed by atoms with Crippen LogP contribution in [0.25, 0.3) is 10.9 Å². The van der Waals surface area contributed by atoms with Crippen molar-refractivity contribution in [3.63, 3.8) is 0 Å². The second-order valence-electron chi connectivity index (χ2n) is 6.61. The fourth-order valence-electron chi connectivity index (χ4n) is 3.45. The molecule has 0 saturated carbocycles. The summed E-state index contributed by atoms with van der Waals surface area (Å²) < 4.78 is 27.1. The molecule has 2 aromatic carbocycles. The molecule has 5 nitrogen and oxygen atoms in total. The van der Waals surface area contributed by atoms with Crippen molar-refractivity contribution in [3.8, 4) is 0 Å². The van der Waals surface area contributed by atoms with Crippen molar-refractivity contribution >= 4 is 28.3 Å². The third-order valence-corrected chi connectivity index (χ3v) is 4.80. The van der Waals surface area contributed by atoms with Crippen LogP contribution in [0.5, 0.6) is 0 Å². The van der Waals surface area contributed by atoms with E-state index in [4.69, 9.17) is 0 Å². The summed E-state index contributed by atoms with van der Waals surface area (Å²) in [5.74, 6) is -1.11. The Balaban J connectivity index is 1.54. The lowest BCUT2D eigenvalue weighted by Crippen LogP contribution is -2.41. The van der Waals surface area contributed by atoms with Crippen molar-refractivity contribution in [2.45, 2.75) is 12.8 Å². The van der Waals surface area contributed by atoms with Gasteiger partial charge in [0.05, 0.1) is 17.1 Å². The predicted molar refractivity (Wildman–Crippen MR) is 99.5 cm³/mol. The van der Waals surface area contributed by atoms with Gasteiger partial charge < -0.3 is 10.2 Å². The largest absolute Gasteiger partial charge is 0.355 e. The summed E-state index contributed by atoms with van der Waals surface area (Å²) in [6, 6.07) is 10.7. The number of fused-ring (bicyclic) bond motifs is 1. The summed E-state index contributed by atoms with van der Waals surface area (Å²) in [5.41, 5.74) is 0.709. The molecule has 1 atom stereocenters. The fourth-order valence-corrected chi connectivity index (χ4v) is 3.45. The average molecular weight is 368 g/mol. The molecule has 4 rings (SSSR count). The van der Waals surface area contributed by atoms with Crippen LogP contribution in [-0.2, 0) is 4.79 Å². The lowest BCUT2D eigenvalue weighted by molar-refractivity contribution is -0.120. The Hall–Kier alpha value is -3.09. The number of aromatic nitrogens is 2. The highest BCUT2D eigenvalue weighted by Gasteiger charge is 2.28. The van der Waals surface area contributed by atoms with E-state index in [-0.39, 0.29) is 17.5 Å². The smallest absolute Gasteiger partial charge is 0.229 e. The fraction of sp³-hybridized carbons (Fsp3) is 0.250. The number of halogens is 2. The third kappa shape index (κ3) is 3.58. The molecule has 1 amide bonds. The molecule has 1 aliphatic rings. The van der Waals surface area contributed by atoms with Crippen molar-refractivity contribution in [2.24, 2.45) is 5.92 Å². The van der Waals surface area contributed by atoms with Crippen molar-refractivity contribution in [1.82, 2.24) is 9.97 Å². The minimum absolute atomic E-state index is 0.135. The Kier molecular flexibility index (Phi) is 4.66. The highest BCUT2D eigenvalue weighted by Crippen LogP contribution is 2.28. The molecule has 1 saturated heterocycles. The molecule has 3 aromatic rings. The molecule has 1 fully saturated rings. The molecular formula is C20H18F2N4O. The van der Waals surface area contributed by atoms with Crippen molar-refractivity contribution in [3.05, 3.63) is 60.4 Å². The second-order valence-corrected chi connectivity index (χ2v) is 6.61. The molecule has 0 spiro atoms. The Bertz CT molecular complexity index is 989. The van der Waals surface area contributed by atoms with Gasteiger partial charge in [-0.05, 0) is 37.1 Å². The topological polar surface area (TPSA) is 58.1 Å². The number of amides is 1. The Labute approximate surface area is 155 Å². The van der Waals surface area contributed by atoms with Crippen LogP contribution in [-0.4, -0.2) is 29.0 Å². The number of piperidine rings is 1. The summed E-state index contributed by atoms with van der Waals surface area (Å²) in [6.07, 6.45) is 3.01. The Morgan fingerprint density at radius 3 is 2.89 bits per heavy atom. The van der Waals surface area contributed by atoms with E-state index >= 15 is 0 Å². The molecule has 0 radical (unpaired) electrons. The first-order valence-electron chi connectivity index (χ1n) is 8.82. The average Bonchev–Trinajstić information content (AvgIpc) is 2.70. The van der Waals surface area contributed by atoms with Gasteiger partial charge in [-0.2, -0.15) is 0 Å². The van der Waals surface area contributed by atoms with E-state index < -0.39 is 11.6 Å². The number of hydrogen-bond acceptors (Lipinski definition) is 4. The number of carbonyl (C=O) groups is 1. The monoisotopic (exact) mass is 368 g/mol. The zero-order chi connectivity index (χ0) is 18.8. The number of carbonyl (C=O) groups excluding carboxylic acids is 1. The van der Waals surface area contributed by atoms with Crippen molar-refractivity contribution in [1.29, 1.82) is 0 Å². The maximum absolute atomic E-state index is 13.8. The first-order valence-corrected chi connectivity index (χ1v) is 8.82. The van der Waals surface area contributed by atoms with E-state index in [2.05, 4.69) is 20.2 Å². The maximum atomic E-state index is 13.8. The van der Waals surface area contributed by atoms with Gasteiger partial charge in [-0.1, -0.05) is 12.1 Å². The molecule has 27 heavy (non-hydrogen) atoms. The molecule has 1 aromatic heterocycles. The van der Waals surface area contributed by atoms with Crippen LogP contribution in [0, 0.1) is 17.6 Å². The number of nitrogens with one attached hydrogen (secondary N) is 1. The van der Waals surface area contributed by atoms with E-state index in [0.717, 1.165) is 47.9 Å². The first-order chi connectivity index (χ1) is 13.1. The maximum Gasteiger partial charge on any atom is 0.229 e. The number of anilines is 2. The molecule has 0 aliphatic carbocycles. The number of rotatable bonds is 3. The lowest BCUT2D eigenvalue weighted by atomic mass is 9.96. The predicted octanol–water partition coefficient (Wildman–Crippen LogP) is 3.76. The Morgan fingerprint density at radius 1 is 1.15 bits per heavy atom. The standard InChI is InChI=1S/C20H18F2N4O/c21-14-7-8-16(22)18(10-14)25-20(27)13-4-3-9-26(11-13)19-15-5-1-2-6-17(15)23-12-24-19/h1-2,5-8,10,12-13H,3-4,9,11H2,(H,25,27). The van der Waals surface area contributed by atoms with Gasteiger partial charge in [0.15, 0.2) is 0 Å². The van der Waals surface area contributed by atoms with Gasteiger partial charge in [0.25, 0.3) is 0 Å². The molecule has 0 bridgehead atoms. The lowest BCUT2D eigenvalue weighted by Gasteiger charge is -2.33. The summed E-state index contributed by atoms with van der Waals surface area (Å²) >= 11 is 0. The van der Waals surface area contributed by atoms with Gasteiger partial charge in [-0.25, -0.2) is 18.7 Å². The summed E-state index contributed by atoms with van der Waals surface area (Å²) in [6.45, 7) is 1.24. The third-order valence-electron chi connectivity index (χ3n) is 4.80. The van der Waals surface area contributed by atoms with Crippen molar-refractivity contribution < 1.29 is 13.6 Å². The molecule has 138 valence electrons. The van der Waals surface area contributed by atoms with Gasteiger partial charge in [0.1, 0.15) is 23.8 Å². The van der Waals surface area contributed by atoms with E-state index in [9.17, 15) is 13.6 Å². The number of para-hydroxylation sites is 1. The minimum Gasteiger partial charge on any atom is -0.355 e. The number of nitrogens with zero attached hydrogens (tertiary/aromatic N) is 3. The first kappa shape index (κ1) is 17.3. The summed E-state index contributed by atoms with van der Waals surface area (Å²) in [5, 5.41) is 3.44.